The molecule has 8 heteroatoms. The van der Waals surface area contributed by atoms with Crippen LogP contribution in [0.3, 0.4) is 0 Å². The maximum absolute atomic E-state index is 12.6. The van der Waals surface area contributed by atoms with Gasteiger partial charge in [0.1, 0.15) is 18.7 Å². The molecule has 0 saturated carbocycles. The Balaban J connectivity index is 1.66. The molecule has 2 unspecified atom stereocenters. The molecular formula is C25H30N2O6. The Bertz CT molecular complexity index is 960. The molecule has 0 saturated heterocycles. The molecule has 3 rings (SSSR count). The molecule has 0 bridgehead atoms. The lowest BCUT2D eigenvalue weighted by Crippen LogP contribution is -2.52. The highest BCUT2D eigenvalue weighted by atomic mass is 16.5. The van der Waals surface area contributed by atoms with Crippen molar-refractivity contribution in [3.05, 3.63) is 59.7 Å². The van der Waals surface area contributed by atoms with E-state index >= 15 is 0 Å². The molecule has 0 radical (unpaired) electrons. The van der Waals surface area contributed by atoms with E-state index in [1.807, 2.05) is 62.4 Å². The summed E-state index contributed by atoms with van der Waals surface area (Å²) < 4.78 is 5.51. The summed E-state index contributed by atoms with van der Waals surface area (Å²) in [5.74, 6) is -1.87. The van der Waals surface area contributed by atoms with Gasteiger partial charge in [0, 0.05) is 5.92 Å². The molecule has 2 aromatic rings. The average molecular weight is 455 g/mol. The topological polar surface area (TPSA) is 125 Å². The summed E-state index contributed by atoms with van der Waals surface area (Å²) >= 11 is 0. The van der Waals surface area contributed by atoms with E-state index in [1.165, 1.54) is 0 Å². The zero-order valence-corrected chi connectivity index (χ0v) is 18.8. The molecule has 0 fully saturated rings. The minimum Gasteiger partial charge on any atom is -0.480 e. The number of carboxylic acids is 1. The van der Waals surface area contributed by atoms with Crippen molar-refractivity contribution in [2.75, 3.05) is 13.2 Å². The number of ether oxygens (including phenoxy) is 1. The van der Waals surface area contributed by atoms with Gasteiger partial charge in [-0.15, -0.1) is 0 Å². The van der Waals surface area contributed by atoms with Crippen molar-refractivity contribution in [1.29, 1.82) is 0 Å². The van der Waals surface area contributed by atoms with Crippen molar-refractivity contribution >= 4 is 18.0 Å². The van der Waals surface area contributed by atoms with E-state index < -0.39 is 36.7 Å². The first-order valence-corrected chi connectivity index (χ1v) is 11.1. The van der Waals surface area contributed by atoms with Crippen LogP contribution < -0.4 is 10.6 Å². The van der Waals surface area contributed by atoms with E-state index in [9.17, 15) is 19.5 Å². The summed E-state index contributed by atoms with van der Waals surface area (Å²) in [5, 5.41) is 23.1. The summed E-state index contributed by atoms with van der Waals surface area (Å²) in [7, 11) is 0. The third-order valence-electron chi connectivity index (χ3n) is 5.78. The number of fused-ring (bicyclic) bond motifs is 3. The number of carbonyl (C=O) groups excluding carboxylic acids is 2. The van der Waals surface area contributed by atoms with Crippen LogP contribution in [0.15, 0.2) is 48.5 Å². The molecule has 2 amide bonds. The van der Waals surface area contributed by atoms with Crippen molar-refractivity contribution in [1.82, 2.24) is 10.6 Å². The summed E-state index contributed by atoms with van der Waals surface area (Å²) in [4.78, 5) is 36.3. The van der Waals surface area contributed by atoms with E-state index in [2.05, 4.69) is 10.6 Å². The van der Waals surface area contributed by atoms with Gasteiger partial charge < -0.3 is 25.6 Å². The number of nitrogens with one attached hydrogen (secondary N) is 2. The SMILES string of the molecule is CC(C)CCC(NC(=O)OCC1c2ccccc2-c2ccccc21)C(=O)NC(CO)C(=O)O. The first-order valence-electron chi connectivity index (χ1n) is 11.1. The molecule has 176 valence electrons. The Labute approximate surface area is 193 Å². The number of carboxylic acid groups (broad SMARTS) is 1. The zero-order chi connectivity index (χ0) is 24.0. The first-order chi connectivity index (χ1) is 15.8. The second-order valence-corrected chi connectivity index (χ2v) is 8.58. The minimum atomic E-state index is -1.44. The van der Waals surface area contributed by atoms with Crippen molar-refractivity contribution in [3.63, 3.8) is 0 Å². The van der Waals surface area contributed by atoms with Crippen molar-refractivity contribution < 1.29 is 29.3 Å². The maximum atomic E-state index is 12.6. The van der Waals surface area contributed by atoms with Gasteiger partial charge >= 0.3 is 12.1 Å². The van der Waals surface area contributed by atoms with Crippen LogP contribution in [-0.2, 0) is 14.3 Å². The molecular weight excluding hydrogens is 424 g/mol. The van der Waals surface area contributed by atoms with E-state index in [1.54, 1.807) is 0 Å². The van der Waals surface area contributed by atoms with Gasteiger partial charge in [-0.05, 0) is 41.0 Å². The number of aliphatic hydroxyl groups excluding tert-OH is 1. The van der Waals surface area contributed by atoms with E-state index in [-0.39, 0.29) is 18.4 Å². The first kappa shape index (κ1) is 24.3. The van der Waals surface area contributed by atoms with Crippen LogP contribution in [0.25, 0.3) is 11.1 Å². The zero-order valence-electron chi connectivity index (χ0n) is 18.8. The number of aliphatic carboxylic acids is 1. The predicted octanol–water partition coefficient (Wildman–Crippen LogP) is 2.89. The van der Waals surface area contributed by atoms with Crippen LogP contribution in [0.2, 0.25) is 0 Å². The number of alkyl carbamates (subject to hydrolysis) is 1. The van der Waals surface area contributed by atoms with Gasteiger partial charge in [0.15, 0.2) is 0 Å². The van der Waals surface area contributed by atoms with Crippen LogP contribution >= 0.6 is 0 Å². The number of hydrogen-bond donors (Lipinski definition) is 4. The third kappa shape index (κ3) is 5.90. The summed E-state index contributed by atoms with van der Waals surface area (Å²) in [6, 6.07) is 13.5. The van der Waals surface area contributed by atoms with Crippen molar-refractivity contribution in [3.8, 4) is 11.1 Å². The standard InChI is InChI=1S/C25H30N2O6/c1-15(2)11-12-21(23(29)26-22(13-28)24(30)31)27-25(32)33-14-20-18-9-5-3-7-16(18)17-8-4-6-10-19(17)20/h3-10,15,20-22,28H,11-14H2,1-2H3,(H,26,29)(H,27,32)(H,30,31). The molecule has 1 aliphatic rings. The quantitative estimate of drug-likeness (QED) is 0.438. The highest BCUT2D eigenvalue weighted by Gasteiger charge is 2.30. The third-order valence-corrected chi connectivity index (χ3v) is 5.78. The number of rotatable bonds is 10. The second-order valence-electron chi connectivity index (χ2n) is 8.58. The number of carbonyl (C=O) groups is 3. The van der Waals surface area contributed by atoms with Crippen LogP contribution in [0.5, 0.6) is 0 Å². The van der Waals surface area contributed by atoms with Gasteiger partial charge in [-0.2, -0.15) is 0 Å². The minimum absolute atomic E-state index is 0.104. The fourth-order valence-electron chi connectivity index (χ4n) is 4.01. The smallest absolute Gasteiger partial charge is 0.407 e. The van der Waals surface area contributed by atoms with Crippen LogP contribution in [-0.4, -0.2) is 53.5 Å². The predicted molar refractivity (Wildman–Crippen MR) is 123 cm³/mol. The van der Waals surface area contributed by atoms with Gasteiger partial charge in [0.05, 0.1) is 6.61 Å². The van der Waals surface area contributed by atoms with E-state index in [0.29, 0.717) is 12.8 Å². The highest BCUT2D eigenvalue weighted by Crippen LogP contribution is 2.44. The molecule has 33 heavy (non-hydrogen) atoms. The molecule has 8 nitrogen and oxygen atoms in total. The van der Waals surface area contributed by atoms with Gasteiger partial charge in [0.25, 0.3) is 0 Å². The number of benzene rings is 2. The maximum Gasteiger partial charge on any atom is 0.407 e. The Kier molecular flexibility index (Phi) is 8.06. The molecule has 0 aliphatic heterocycles. The van der Waals surface area contributed by atoms with E-state index in [0.717, 1.165) is 22.3 Å². The molecule has 2 aromatic carbocycles. The summed E-state index contributed by atoms with van der Waals surface area (Å²) in [6.45, 7) is 3.32. The van der Waals surface area contributed by atoms with Crippen LogP contribution in [0, 0.1) is 5.92 Å². The highest BCUT2D eigenvalue weighted by molar-refractivity contribution is 5.89. The molecule has 2 atom stereocenters. The van der Waals surface area contributed by atoms with Gasteiger partial charge in [-0.3, -0.25) is 4.79 Å². The molecule has 1 aliphatic carbocycles. The molecule has 0 heterocycles. The van der Waals surface area contributed by atoms with Crippen LogP contribution in [0.4, 0.5) is 4.79 Å². The van der Waals surface area contributed by atoms with Crippen molar-refractivity contribution in [2.24, 2.45) is 5.92 Å². The summed E-state index contributed by atoms with van der Waals surface area (Å²) in [6.07, 6.45) is 0.195. The van der Waals surface area contributed by atoms with Gasteiger partial charge in [-0.1, -0.05) is 62.4 Å². The Morgan fingerprint density at radius 1 is 0.909 bits per heavy atom. The normalized spacial score (nSPS) is 14.2. The lowest BCUT2D eigenvalue weighted by Gasteiger charge is -2.22. The fourth-order valence-corrected chi connectivity index (χ4v) is 4.01. The molecule has 0 aromatic heterocycles. The Hall–Kier alpha value is -3.39. The van der Waals surface area contributed by atoms with E-state index in [4.69, 9.17) is 9.84 Å². The number of aliphatic hydroxyl groups is 1. The summed E-state index contributed by atoms with van der Waals surface area (Å²) in [5.41, 5.74) is 4.38. The Morgan fingerprint density at radius 3 is 2.00 bits per heavy atom. The lowest BCUT2D eigenvalue weighted by atomic mass is 9.98. The fraction of sp³-hybridized carbons (Fsp3) is 0.400. The van der Waals surface area contributed by atoms with Crippen molar-refractivity contribution in [2.45, 2.75) is 44.7 Å². The molecule has 0 spiro atoms. The number of hydrogen-bond acceptors (Lipinski definition) is 5. The van der Waals surface area contributed by atoms with Gasteiger partial charge in [-0.25, -0.2) is 9.59 Å². The van der Waals surface area contributed by atoms with Crippen LogP contribution in [0.1, 0.15) is 43.7 Å². The monoisotopic (exact) mass is 454 g/mol. The molecule has 4 N–H and O–H groups in total. The largest absolute Gasteiger partial charge is 0.480 e. The van der Waals surface area contributed by atoms with Gasteiger partial charge in [0.2, 0.25) is 5.91 Å². The second kappa shape index (κ2) is 11.0. The lowest BCUT2D eigenvalue weighted by molar-refractivity contribution is -0.143. The average Bonchev–Trinajstić information content (AvgIpc) is 3.12. The number of amides is 2. The Morgan fingerprint density at radius 2 is 1.48 bits per heavy atom.